The third-order valence-electron chi connectivity index (χ3n) is 2.92. The zero-order valence-corrected chi connectivity index (χ0v) is 6.88. The van der Waals surface area contributed by atoms with Crippen molar-refractivity contribution >= 4 is 5.69 Å². The molecule has 12 heavy (non-hydrogen) atoms. The average Bonchev–Trinajstić information content (AvgIpc) is 2.62. The van der Waals surface area contributed by atoms with Gasteiger partial charge in [0.05, 0.1) is 0 Å². The minimum atomic E-state index is 0.641. The first-order valence-corrected chi connectivity index (χ1v) is 4.51. The lowest BCUT2D eigenvalue weighted by Gasteiger charge is -2.06. The number of para-hydroxylation sites is 1. The summed E-state index contributed by atoms with van der Waals surface area (Å²) in [5.41, 5.74) is 2.83. The van der Waals surface area contributed by atoms with Gasteiger partial charge in [-0.05, 0) is 11.6 Å². The van der Waals surface area contributed by atoms with Gasteiger partial charge in [-0.1, -0.05) is 18.2 Å². The van der Waals surface area contributed by atoms with E-state index in [0.29, 0.717) is 12.0 Å². The van der Waals surface area contributed by atoms with Crippen LogP contribution in [0.25, 0.3) is 0 Å². The number of hydrogen-bond donors (Lipinski definition) is 2. The van der Waals surface area contributed by atoms with E-state index in [1.807, 2.05) is 0 Å². The van der Waals surface area contributed by atoms with E-state index in [-0.39, 0.29) is 0 Å². The van der Waals surface area contributed by atoms with Crippen LogP contribution in [0.15, 0.2) is 24.3 Å². The van der Waals surface area contributed by atoms with Crippen molar-refractivity contribution in [2.45, 2.75) is 12.0 Å². The molecule has 2 heteroatoms. The van der Waals surface area contributed by atoms with Crippen LogP contribution in [-0.4, -0.2) is 19.1 Å². The molecular formula is C10H12N2. The van der Waals surface area contributed by atoms with Crippen molar-refractivity contribution < 1.29 is 0 Å². The largest absolute Gasteiger partial charge is 0.380 e. The molecule has 3 rings (SSSR count). The molecule has 0 aliphatic carbocycles. The highest BCUT2D eigenvalue weighted by Gasteiger charge is 2.34. The first-order valence-electron chi connectivity index (χ1n) is 4.51. The van der Waals surface area contributed by atoms with Crippen LogP contribution in [0.3, 0.4) is 0 Å². The Morgan fingerprint density at radius 1 is 1.17 bits per heavy atom. The lowest BCUT2D eigenvalue weighted by molar-refractivity contribution is 0.736. The number of fused-ring (bicyclic) bond motifs is 3. The summed E-state index contributed by atoms with van der Waals surface area (Å²) in [4.78, 5) is 0. The predicted molar refractivity (Wildman–Crippen MR) is 49.5 cm³/mol. The maximum atomic E-state index is 3.53. The highest BCUT2D eigenvalue weighted by molar-refractivity contribution is 5.60. The number of anilines is 1. The molecule has 62 valence electrons. The maximum absolute atomic E-state index is 3.53. The van der Waals surface area contributed by atoms with Gasteiger partial charge in [-0.2, -0.15) is 0 Å². The molecule has 2 aliphatic rings. The van der Waals surface area contributed by atoms with E-state index in [1.165, 1.54) is 11.3 Å². The standard InChI is InChI=1S/C10H12N2/c1-2-4-9-7(3-1)8-5-11-6-10(8)12-9/h1-4,8,10-12H,5-6H2/t8-,10-/m0/s1. The maximum Gasteiger partial charge on any atom is 0.0467 e. The van der Waals surface area contributed by atoms with Crippen molar-refractivity contribution in [3.63, 3.8) is 0 Å². The molecule has 2 N–H and O–H groups in total. The predicted octanol–water partition coefficient (Wildman–Crippen LogP) is 1.17. The fourth-order valence-corrected chi connectivity index (χ4v) is 2.31. The Kier molecular flexibility index (Phi) is 1.21. The van der Waals surface area contributed by atoms with Crippen LogP contribution in [0.1, 0.15) is 11.5 Å². The summed E-state index contributed by atoms with van der Waals surface area (Å²) in [6, 6.07) is 9.28. The van der Waals surface area contributed by atoms with E-state index in [9.17, 15) is 0 Å². The molecule has 2 heterocycles. The third-order valence-corrected chi connectivity index (χ3v) is 2.92. The summed E-state index contributed by atoms with van der Waals surface area (Å²) >= 11 is 0. The van der Waals surface area contributed by atoms with Gasteiger partial charge in [0.15, 0.2) is 0 Å². The molecule has 1 aromatic carbocycles. The van der Waals surface area contributed by atoms with E-state index < -0.39 is 0 Å². The summed E-state index contributed by atoms with van der Waals surface area (Å²) in [5, 5.41) is 6.94. The van der Waals surface area contributed by atoms with Gasteiger partial charge in [0.25, 0.3) is 0 Å². The average molecular weight is 160 g/mol. The van der Waals surface area contributed by atoms with Gasteiger partial charge in [0, 0.05) is 30.7 Å². The number of benzene rings is 1. The van der Waals surface area contributed by atoms with Gasteiger partial charge in [0.1, 0.15) is 0 Å². The van der Waals surface area contributed by atoms with Crippen LogP contribution in [-0.2, 0) is 0 Å². The summed E-state index contributed by atoms with van der Waals surface area (Å²) in [5.74, 6) is 0.709. The highest BCUT2D eigenvalue weighted by atomic mass is 15.1. The van der Waals surface area contributed by atoms with Gasteiger partial charge in [-0.15, -0.1) is 0 Å². The number of hydrogen-bond acceptors (Lipinski definition) is 2. The molecule has 1 aromatic rings. The molecule has 0 aromatic heterocycles. The second kappa shape index (κ2) is 2.23. The van der Waals surface area contributed by atoms with Gasteiger partial charge >= 0.3 is 0 Å². The Morgan fingerprint density at radius 2 is 2.08 bits per heavy atom. The van der Waals surface area contributed by atoms with Crippen molar-refractivity contribution in [2.75, 3.05) is 18.4 Å². The van der Waals surface area contributed by atoms with Crippen molar-refractivity contribution in [3.8, 4) is 0 Å². The van der Waals surface area contributed by atoms with Crippen molar-refractivity contribution in [1.82, 2.24) is 5.32 Å². The molecule has 0 amide bonds. The Morgan fingerprint density at radius 3 is 3.08 bits per heavy atom. The van der Waals surface area contributed by atoms with Crippen LogP contribution in [0.5, 0.6) is 0 Å². The van der Waals surface area contributed by atoms with Gasteiger partial charge in [0.2, 0.25) is 0 Å². The first-order chi connectivity index (χ1) is 5.95. The summed E-state index contributed by atoms with van der Waals surface area (Å²) in [6.45, 7) is 2.24. The molecule has 1 fully saturated rings. The van der Waals surface area contributed by atoms with E-state index >= 15 is 0 Å². The topological polar surface area (TPSA) is 24.1 Å². The van der Waals surface area contributed by atoms with Crippen LogP contribution in [0.4, 0.5) is 5.69 Å². The summed E-state index contributed by atoms with van der Waals surface area (Å²) in [6.07, 6.45) is 0. The Bertz CT molecular complexity index is 308. The lowest BCUT2D eigenvalue weighted by Crippen LogP contribution is -2.20. The smallest absolute Gasteiger partial charge is 0.0467 e. The molecule has 0 unspecified atom stereocenters. The van der Waals surface area contributed by atoms with Gasteiger partial charge in [-0.25, -0.2) is 0 Å². The molecule has 0 bridgehead atoms. The lowest BCUT2D eigenvalue weighted by atomic mass is 9.98. The molecule has 2 aliphatic heterocycles. The number of rotatable bonds is 0. The van der Waals surface area contributed by atoms with Crippen molar-refractivity contribution in [1.29, 1.82) is 0 Å². The Balaban J connectivity index is 2.09. The molecule has 0 saturated carbocycles. The van der Waals surface area contributed by atoms with Gasteiger partial charge in [-0.3, -0.25) is 0 Å². The fourth-order valence-electron chi connectivity index (χ4n) is 2.31. The summed E-state index contributed by atoms with van der Waals surface area (Å²) in [7, 11) is 0. The van der Waals surface area contributed by atoms with Gasteiger partial charge < -0.3 is 10.6 Å². The summed E-state index contributed by atoms with van der Waals surface area (Å²) < 4.78 is 0. The van der Waals surface area contributed by atoms with E-state index in [1.54, 1.807) is 0 Å². The normalized spacial score (nSPS) is 31.0. The number of nitrogens with one attached hydrogen (secondary N) is 2. The van der Waals surface area contributed by atoms with E-state index in [0.717, 1.165) is 13.1 Å². The molecule has 2 atom stereocenters. The highest BCUT2D eigenvalue weighted by Crippen LogP contribution is 2.36. The zero-order chi connectivity index (χ0) is 7.97. The van der Waals surface area contributed by atoms with Crippen LogP contribution < -0.4 is 10.6 Å². The van der Waals surface area contributed by atoms with Crippen molar-refractivity contribution in [3.05, 3.63) is 29.8 Å². The Hall–Kier alpha value is -1.02. The molecule has 0 spiro atoms. The SMILES string of the molecule is c1ccc2c(c1)N[C@H]1CNC[C@@H]21. The minimum absolute atomic E-state index is 0.641. The molecule has 2 nitrogen and oxygen atoms in total. The van der Waals surface area contributed by atoms with E-state index in [4.69, 9.17) is 0 Å². The molecule has 0 radical (unpaired) electrons. The van der Waals surface area contributed by atoms with Crippen LogP contribution in [0.2, 0.25) is 0 Å². The van der Waals surface area contributed by atoms with Crippen LogP contribution in [0, 0.1) is 0 Å². The second-order valence-electron chi connectivity index (χ2n) is 3.60. The fraction of sp³-hybridized carbons (Fsp3) is 0.400. The zero-order valence-electron chi connectivity index (χ0n) is 6.88. The van der Waals surface area contributed by atoms with E-state index in [2.05, 4.69) is 34.9 Å². The van der Waals surface area contributed by atoms with Crippen LogP contribution >= 0.6 is 0 Å². The monoisotopic (exact) mass is 160 g/mol. The van der Waals surface area contributed by atoms with Crippen molar-refractivity contribution in [2.24, 2.45) is 0 Å². The first kappa shape index (κ1) is 6.49. The molecular weight excluding hydrogens is 148 g/mol. The Labute approximate surface area is 72.0 Å². The quantitative estimate of drug-likeness (QED) is 0.595. The third kappa shape index (κ3) is 0.730. The second-order valence-corrected chi connectivity index (χ2v) is 3.60. The minimum Gasteiger partial charge on any atom is -0.380 e. The molecule has 1 saturated heterocycles.